The lowest BCUT2D eigenvalue weighted by molar-refractivity contribution is 0.0279. The van der Waals surface area contributed by atoms with Crippen molar-refractivity contribution in [1.82, 2.24) is 9.80 Å². The van der Waals surface area contributed by atoms with Gasteiger partial charge in [-0.3, -0.25) is 19.4 Å². The summed E-state index contributed by atoms with van der Waals surface area (Å²) in [4.78, 5) is 32.0. The summed E-state index contributed by atoms with van der Waals surface area (Å²) in [6.45, 7) is 3.45. The number of carbonyl (C=O) groups excluding carboxylic acids is 2. The predicted molar refractivity (Wildman–Crippen MR) is 128 cm³/mol. The van der Waals surface area contributed by atoms with E-state index in [1.54, 1.807) is 18.2 Å². The Kier molecular flexibility index (Phi) is 5.17. The number of halogens is 1. The fraction of sp³-hybridized carbons (Fsp3) is 0.259. The van der Waals surface area contributed by atoms with Gasteiger partial charge in [0.1, 0.15) is 0 Å². The molecule has 6 nitrogen and oxygen atoms in total. The van der Waals surface area contributed by atoms with Crippen LogP contribution in [-0.2, 0) is 12.1 Å². The lowest BCUT2D eigenvalue weighted by atomic mass is 9.82. The minimum atomic E-state index is -1.31. The number of Topliss-reactive ketones (excluding diaryl/α,β-unsaturated/α-hetero) is 2. The molecule has 0 aromatic heterocycles. The van der Waals surface area contributed by atoms with Crippen LogP contribution >= 0.6 is 11.6 Å². The molecule has 0 amide bonds. The average Bonchev–Trinajstić information content (AvgIpc) is 3.41. The molecule has 3 aromatic rings. The molecule has 2 heterocycles. The van der Waals surface area contributed by atoms with Gasteiger partial charge in [-0.05, 0) is 17.2 Å². The molecule has 0 unspecified atom stereocenters. The van der Waals surface area contributed by atoms with E-state index in [-0.39, 0.29) is 18.4 Å². The fourth-order valence-corrected chi connectivity index (χ4v) is 5.56. The van der Waals surface area contributed by atoms with E-state index in [1.807, 2.05) is 48.5 Å². The summed E-state index contributed by atoms with van der Waals surface area (Å²) >= 11 is 6.49. The highest BCUT2D eigenvalue weighted by atomic mass is 35.5. The molecular formula is C27H23ClN2O4. The third kappa shape index (κ3) is 3.17. The molecule has 1 saturated heterocycles. The molecule has 172 valence electrons. The van der Waals surface area contributed by atoms with Crippen molar-refractivity contribution in [1.29, 1.82) is 0 Å². The van der Waals surface area contributed by atoms with E-state index in [0.29, 0.717) is 60.4 Å². The maximum atomic E-state index is 13.8. The van der Waals surface area contributed by atoms with Gasteiger partial charge in [0.25, 0.3) is 0 Å². The maximum absolute atomic E-state index is 13.8. The molecule has 0 N–H and O–H groups in total. The second-order valence-corrected chi connectivity index (χ2v) is 9.25. The molecular weight excluding hydrogens is 452 g/mol. The Hall–Kier alpha value is -3.19. The van der Waals surface area contributed by atoms with Crippen LogP contribution in [0.25, 0.3) is 0 Å². The highest BCUT2D eigenvalue weighted by Crippen LogP contribution is 2.43. The van der Waals surface area contributed by atoms with Crippen molar-refractivity contribution in [3.8, 4) is 11.5 Å². The molecule has 2 aliphatic heterocycles. The van der Waals surface area contributed by atoms with Crippen molar-refractivity contribution < 1.29 is 19.1 Å². The van der Waals surface area contributed by atoms with Crippen LogP contribution in [0.15, 0.2) is 66.7 Å². The molecule has 0 bridgehead atoms. The van der Waals surface area contributed by atoms with Gasteiger partial charge in [-0.1, -0.05) is 66.2 Å². The molecule has 1 aliphatic carbocycles. The third-order valence-electron chi connectivity index (χ3n) is 7.05. The van der Waals surface area contributed by atoms with Gasteiger partial charge in [0.15, 0.2) is 28.6 Å². The molecule has 0 spiro atoms. The number of carbonyl (C=O) groups is 2. The van der Waals surface area contributed by atoms with Crippen molar-refractivity contribution in [2.45, 2.75) is 12.1 Å². The van der Waals surface area contributed by atoms with Gasteiger partial charge in [0.05, 0.1) is 0 Å². The number of fused-ring (bicyclic) bond motifs is 2. The quantitative estimate of drug-likeness (QED) is 0.529. The topological polar surface area (TPSA) is 59.1 Å². The molecule has 34 heavy (non-hydrogen) atoms. The zero-order valence-corrected chi connectivity index (χ0v) is 19.3. The number of rotatable bonds is 4. The number of hydrogen-bond donors (Lipinski definition) is 0. The first-order chi connectivity index (χ1) is 16.6. The van der Waals surface area contributed by atoms with Gasteiger partial charge < -0.3 is 9.47 Å². The van der Waals surface area contributed by atoms with Crippen LogP contribution in [0, 0.1) is 0 Å². The molecule has 0 radical (unpaired) electrons. The van der Waals surface area contributed by atoms with Crippen molar-refractivity contribution in [2.75, 3.05) is 33.0 Å². The summed E-state index contributed by atoms with van der Waals surface area (Å²) < 4.78 is 10.9. The zero-order chi connectivity index (χ0) is 23.3. The number of benzene rings is 3. The van der Waals surface area contributed by atoms with Crippen molar-refractivity contribution in [2.24, 2.45) is 0 Å². The van der Waals surface area contributed by atoms with Crippen LogP contribution in [-0.4, -0.2) is 54.3 Å². The van der Waals surface area contributed by atoms with E-state index >= 15 is 0 Å². The summed E-state index contributed by atoms with van der Waals surface area (Å²) in [6, 6.07) is 20.3. The molecule has 0 atom stereocenters. The van der Waals surface area contributed by atoms with Gasteiger partial charge in [-0.2, -0.15) is 0 Å². The smallest absolute Gasteiger partial charge is 0.231 e. The second-order valence-electron chi connectivity index (χ2n) is 8.84. The molecule has 0 saturated carbocycles. The minimum absolute atomic E-state index is 0.133. The summed E-state index contributed by atoms with van der Waals surface area (Å²) in [5, 5.41) is 0.643. The first-order valence-corrected chi connectivity index (χ1v) is 11.8. The van der Waals surface area contributed by atoms with E-state index in [2.05, 4.69) is 9.80 Å². The van der Waals surface area contributed by atoms with E-state index in [4.69, 9.17) is 21.1 Å². The van der Waals surface area contributed by atoms with Crippen LogP contribution in [0.1, 0.15) is 31.8 Å². The first-order valence-electron chi connectivity index (χ1n) is 11.4. The summed E-state index contributed by atoms with van der Waals surface area (Å²) in [6.07, 6.45) is 0. The largest absolute Gasteiger partial charge is 0.454 e. The monoisotopic (exact) mass is 474 g/mol. The number of piperazine rings is 1. The van der Waals surface area contributed by atoms with E-state index in [9.17, 15) is 9.59 Å². The maximum Gasteiger partial charge on any atom is 0.231 e. The second kappa shape index (κ2) is 8.24. The van der Waals surface area contributed by atoms with Gasteiger partial charge >= 0.3 is 0 Å². The van der Waals surface area contributed by atoms with Crippen LogP contribution in [0.3, 0.4) is 0 Å². The SMILES string of the molecule is O=C1c2ccccc2C(=O)C1(c1ccccc1)N1CCN(Cc2cc3c(cc2Cl)OCO3)CC1. The third-order valence-corrected chi connectivity index (χ3v) is 7.40. The molecule has 3 aromatic carbocycles. The fourth-order valence-electron chi connectivity index (χ4n) is 5.35. The van der Waals surface area contributed by atoms with E-state index in [0.717, 1.165) is 11.1 Å². The van der Waals surface area contributed by atoms with Gasteiger partial charge in [0, 0.05) is 54.9 Å². The van der Waals surface area contributed by atoms with Gasteiger partial charge in [-0.15, -0.1) is 0 Å². The molecule has 3 aliphatic rings. The zero-order valence-electron chi connectivity index (χ0n) is 18.5. The predicted octanol–water partition coefficient (Wildman–Crippen LogP) is 4.16. The Morgan fingerprint density at radius 1 is 0.794 bits per heavy atom. The van der Waals surface area contributed by atoms with Gasteiger partial charge in [0.2, 0.25) is 6.79 Å². The molecule has 7 heteroatoms. The van der Waals surface area contributed by atoms with Crippen LogP contribution in [0.5, 0.6) is 11.5 Å². The van der Waals surface area contributed by atoms with Crippen LogP contribution in [0.2, 0.25) is 5.02 Å². The summed E-state index contributed by atoms with van der Waals surface area (Å²) in [5.74, 6) is 1.11. The number of nitrogens with zero attached hydrogens (tertiary/aromatic N) is 2. The summed E-state index contributed by atoms with van der Waals surface area (Å²) in [7, 11) is 0. The Morgan fingerprint density at radius 3 is 2.03 bits per heavy atom. The van der Waals surface area contributed by atoms with Crippen molar-refractivity contribution in [3.05, 3.63) is 94.0 Å². The lowest BCUT2D eigenvalue weighted by Gasteiger charge is -2.44. The molecule has 1 fully saturated rings. The number of hydrogen-bond acceptors (Lipinski definition) is 6. The van der Waals surface area contributed by atoms with Crippen molar-refractivity contribution in [3.63, 3.8) is 0 Å². The average molecular weight is 475 g/mol. The minimum Gasteiger partial charge on any atom is -0.454 e. The highest BCUT2D eigenvalue weighted by Gasteiger charge is 2.58. The summed E-state index contributed by atoms with van der Waals surface area (Å²) in [5.41, 5.74) is 1.40. The van der Waals surface area contributed by atoms with E-state index in [1.165, 1.54) is 0 Å². The Labute approximate surface area is 202 Å². The van der Waals surface area contributed by atoms with Gasteiger partial charge in [-0.25, -0.2) is 0 Å². The van der Waals surface area contributed by atoms with E-state index < -0.39 is 5.54 Å². The lowest BCUT2D eigenvalue weighted by Crippen LogP contribution is -2.60. The Morgan fingerprint density at radius 2 is 1.38 bits per heavy atom. The van der Waals surface area contributed by atoms with Crippen LogP contribution in [0.4, 0.5) is 0 Å². The standard InChI is InChI=1S/C27H23ClN2O4/c28-22-15-24-23(33-17-34-24)14-18(22)16-29-10-12-30(13-11-29)27(19-6-2-1-3-7-19)25(31)20-8-4-5-9-21(20)26(27)32/h1-9,14-15H,10-13,16-17H2. The number of ether oxygens (including phenoxy) is 2. The van der Waals surface area contributed by atoms with Crippen LogP contribution < -0.4 is 9.47 Å². The number of ketones is 2. The Balaban J connectivity index is 1.28. The first kappa shape index (κ1) is 21.4. The van der Waals surface area contributed by atoms with Crippen molar-refractivity contribution >= 4 is 23.2 Å². The molecule has 6 rings (SSSR count). The Bertz CT molecular complexity index is 1250. The highest BCUT2D eigenvalue weighted by molar-refractivity contribution is 6.33. The normalized spacial score (nSPS) is 19.4.